The highest BCUT2D eigenvalue weighted by atomic mass is 19.4. The quantitative estimate of drug-likeness (QED) is 0.654. The molecule has 0 aromatic heterocycles. The number of urea groups is 1. The van der Waals surface area contributed by atoms with Crippen molar-refractivity contribution >= 4 is 18.1 Å². The summed E-state index contributed by atoms with van der Waals surface area (Å²) < 4.78 is 86.2. The van der Waals surface area contributed by atoms with E-state index in [1.54, 1.807) is 0 Å². The fraction of sp³-hybridized carbons (Fsp3) is 0.385. The number of halogens is 6. The lowest BCUT2D eigenvalue weighted by atomic mass is 10.1. The van der Waals surface area contributed by atoms with Gasteiger partial charge in [0.15, 0.2) is 6.23 Å². The summed E-state index contributed by atoms with van der Waals surface area (Å²) >= 11 is 0. The smallest absolute Gasteiger partial charge is 0.351 e. The summed E-state index contributed by atoms with van der Waals surface area (Å²) in [5.74, 6) is 0. The highest BCUT2D eigenvalue weighted by Gasteiger charge is 2.37. The Morgan fingerprint density at radius 3 is 2.08 bits per heavy atom. The molecule has 1 unspecified atom stereocenters. The van der Waals surface area contributed by atoms with Crippen LogP contribution in [0.15, 0.2) is 18.2 Å². The molecule has 1 aliphatic heterocycles. The number of benzene rings is 1. The van der Waals surface area contributed by atoms with Crippen molar-refractivity contribution in [3.8, 4) is 0 Å². The molecule has 0 bridgehead atoms. The van der Waals surface area contributed by atoms with E-state index in [0.29, 0.717) is 17.0 Å². The molecule has 0 radical (unpaired) electrons. The number of anilines is 1. The maximum absolute atomic E-state index is 12.8. The Balaban J connectivity index is 2.31. The van der Waals surface area contributed by atoms with Crippen LogP contribution in [0.1, 0.15) is 11.1 Å². The molecule has 1 fully saturated rings. The minimum absolute atomic E-state index is 0.0208. The number of imide groups is 1. The van der Waals surface area contributed by atoms with Gasteiger partial charge in [-0.2, -0.15) is 26.3 Å². The van der Waals surface area contributed by atoms with Gasteiger partial charge in [0.25, 0.3) is 0 Å². The van der Waals surface area contributed by atoms with Gasteiger partial charge in [0.1, 0.15) is 6.79 Å². The second-order valence-corrected chi connectivity index (χ2v) is 4.85. The number of hydrogen-bond donors (Lipinski definition) is 1. The van der Waals surface area contributed by atoms with E-state index in [4.69, 9.17) is 9.47 Å². The van der Waals surface area contributed by atoms with Crippen LogP contribution in [0.5, 0.6) is 0 Å². The van der Waals surface area contributed by atoms with Crippen LogP contribution in [0.3, 0.4) is 0 Å². The molecule has 6 nitrogen and oxygen atoms in total. The molecule has 1 aromatic rings. The van der Waals surface area contributed by atoms with Crippen molar-refractivity contribution in [2.24, 2.45) is 0 Å². The first-order chi connectivity index (χ1) is 11.5. The summed E-state index contributed by atoms with van der Waals surface area (Å²) in [6.07, 6.45) is -11.2. The standard InChI is InChI=1S/C13H10F6N2O4/c14-12(15,16)7-1-8(13(17,18)19)3-9(2-7)20-11(23)21(5-22)10-4-24-6-25-10/h1-3,5,10H,4,6H2,(H,20,23). The number of rotatable bonds is 3. The molecule has 0 aliphatic carbocycles. The van der Waals surface area contributed by atoms with Gasteiger partial charge < -0.3 is 14.8 Å². The van der Waals surface area contributed by atoms with Crippen molar-refractivity contribution < 1.29 is 45.4 Å². The summed E-state index contributed by atoms with van der Waals surface area (Å²) in [5.41, 5.74) is -3.98. The van der Waals surface area contributed by atoms with Gasteiger partial charge in [0.05, 0.1) is 17.7 Å². The molecule has 12 heteroatoms. The molecule has 1 aromatic carbocycles. The highest BCUT2D eigenvalue weighted by molar-refractivity contribution is 5.95. The lowest BCUT2D eigenvalue weighted by molar-refractivity contribution is -0.143. The number of carbonyl (C=O) groups is 2. The molecule has 1 atom stereocenters. The molecule has 0 spiro atoms. The van der Waals surface area contributed by atoms with Crippen LogP contribution in [-0.2, 0) is 26.6 Å². The number of hydrogen-bond acceptors (Lipinski definition) is 4. The topological polar surface area (TPSA) is 67.9 Å². The minimum Gasteiger partial charge on any atom is -0.351 e. The summed E-state index contributed by atoms with van der Waals surface area (Å²) in [6, 6.07) is -0.705. The Hall–Kier alpha value is -2.34. The molecule has 138 valence electrons. The van der Waals surface area contributed by atoms with Crippen LogP contribution in [0.4, 0.5) is 36.8 Å². The maximum Gasteiger partial charge on any atom is 0.416 e. The van der Waals surface area contributed by atoms with Gasteiger partial charge in [0, 0.05) is 5.69 Å². The van der Waals surface area contributed by atoms with Crippen LogP contribution >= 0.6 is 0 Å². The lowest BCUT2D eigenvalue weighted by Crippen LogP contribution is -2.43. The molecule has 1 saturated heterocycles. The zero-order valence-corrected chi connectivity index (χ0v) is 12.1. The molecule has 1 N–H and O–H groups in total. The molecule has 2 rings (SSSR count). The Morgan fingerprint density at radius 1 is 1.12 bits per heavy atom. The molecular formula is C13H10F6N2O4. The first-order valence-corrected chi connectivity index (χ1v) is 6.56. The summed E-state index contributed by atoms with van der Waals surface area (Å²) in [4.78, 5) is 23.3. The van der Waals surface area contributed by atoms with Crippen molar-refractivity contribution in [1.82, 2.24) is 4.90 Å². The predicted octanol–water partition coefficient (Wildman–Crippen LogP) is 3.04. The number of nitrogens with one attached hydrogen (secondary N) is 1. The SMILES string of the molecule is O=CN(C(=O)Nc1cc(C(F)(F)F)cc(C(F)(F)F)c1)C1COCO1. The molecule has 0 saturated carbocycles. The van der Waals surface area contributed by atoms with Crippen LogP contribution < -0.4 is 5.32 Å². The van der Waals surface area contributed by atoms with Crippen LogP contribution in [0.25, 0.3) is 0 Å². The van der Waals surface area contributed by atoms with E-state index in [0.717, 1.165) is 0 Å². The lowest BCUT2D eigenvalue weighted by Gasteiger charge is -2.21. The van der Waals surface area contributed by atoms with E-state index in [2.05, 4.69) is 0 Å². The van der Waals surface area contributed by atoms with Crippen LogP contribution in [0, 0.1) is 0 Å². The summed E-state index contributed by atoms with van der Waals surface area (Å²) in [7, 11) is 0. The third-order valence-electron chi connectivity index (χ3n) is 3.10. The van der Waals surface area contributed by atoms with Gasteiger partial charge in [-0.05, 0) is 18.2 Å². The second-order valence-electron chi connectivity index (χ2n) is 4.85. The zero-order valence-electron chi connectivity index (χ0n) is 12.1. The summed E-state index contributed by atoms with van der Waals surface area (Å²) in [6.45, 7) is -0.396. The number of ether oxygens (including phenoxy) is 2. The number of carbonyl (C=O) groups excluding carboxylic acids is 2. The monoisotopic (exact) mass is 372 g/mol. The van der Waals surface area contributed by atoms with Gasteiger partial charge in [-0.15, -0.1) is 0 Å². The normalized spacial score (nSPS) is 18.1. The van der Waals surface area contributed by atoms with E-state index < -0.39 is 41.4 Å². The Kier molecular flexibility index (Phi) is 5.23. The number of amides is 3. The Morgan fingerprint density at radius 2 is 1.68 bits per heavy atom. The molecule has 25 heavy (non-hydrogen) atoms. The van der Waals surface area contributed by atoms with Crippen LogP contribution in [0.2, 0.25) is 0 Å². The van der Waals surface area contributed by atoms with Crippen molar-refractivity contribution in [3.05, 3.63) is 29.3 Å². The van der Waals surface area contributed by atoms with Gasteiger partial charge in [-0.3, -0.25) is 4.79 Å². The second kappa shape index (κ2) is 6.88. The molecule has 1 heterocycles. The fourth-order valence-corrected chi connectivity index (χ4v) is 1.95. The van der Waals surface area contributed by atoms with Gasteiger partial charge in [-0.25, -0.2) is 9.69 Å². The first-order valence-electron chi connectivity index (χ1n) is 6.56. The predicted molar refractivity (Wildman–Crippen MR) is 69.1 cm³/mol. The first kappa shape index (κ1) is 19.0. The summed E-state index contributed by atoms with van der Waals surface area (Å²) in [5, 5.41) is 1.82. The van der Waals surface area contributed by atoms with Gasteiger partial charge in [-0.1, -0.05) is 0 Å². The fourth-order valence-electron chi connectivity index (χ4n) is 1.95. The largest absolute Gasteiger partial charge is 0.416 e. The van der Waals surface area contributed by atoms with E-state index in [1.807, 2.05) is 5.32 Å². The Bertz CT molecular complexity index is 623. The van der Waals surface area contributed by atoms with Gasteiger partial charge >= 0.3 is 18.4 Å². The van der Waals surface area contributed by atoms with Crippen LogP contribution in [-0.4, -0.2) is 37.0 Å². The van der Waals surface area contributed by atoms with Crippen molar-refractivity contribution in [3.63, 3.8) is 0 Å². The number of alkyl halides is 6. The van der Waals surface area contributed by atoms with Crippen molar-refractivity contribution in [2.75, 3.05) is 18.7 Å². The molecule has 1 aliphatic rings. The average molecular weight is 372 g/mol. The molecular weight excluding hydrogens is 362 g/mol. The van der Waals surface area contributed by atoms with E-state index in [1.165, 1.54) is 0 Å². The maximum atomic E-state index is 12.8. The third kappa shape index (κ3) is 4.60. The van der Waals surface area contributed by atoms with Crippen molar-refractivity contribution in [1.29, 1.82) is 0 Å². The van der Waals surface area contributed by atoms with E-state index in [9.17, 15) is 35.9 Å². The van der Waals surface area contributed by atoms with E-state index >= 15 is 0 Å². The minimum atomic E-state index is -5.06. The average Bonchev–Trinajstić information content (AvgIpc) is 3.00. The Labute approximate surface area is 136 Å². The molecule has 3 amide bonds. The number of nitrogens with zero attached hydrogens (tertiary/aromatic N) is 1. The van der Waals surface area contributed by atoms with Gasteiger partial charge in [0.2, 0.25) is 6.41 Å². The highest BCUT2D eigenvalue weighted by Crippen LogP contribution is 2.37. The third-order valence-corrected chi connectivity index (χ3v) is 3.10. The van der Waals surface area contributed by atoms with Crippen molar-refractivity contribution in [2.45, 2.75) is 18.6 Å². The van der Waals surface area contributed by atoms with E-state index in [-0.39, 0.29) is 25.9 Å². The zero-order chi connectivity index (χ0) is 18.8.